The molecule has 3 N–H and O–H groups in total. The molecule has 2 rings (SSSR count). The van der Waals surface area contributed by atoms with E-state index in [0.717, 1.165) is 0 Å². The van der Waals surface area contributed by atoms with Gasteiger partial charge in [0, 0.05) is 12.5 Å². The van der Waals surface area contributed by atoms with Crippen LogP contribution in [0.1, 0.15) is 6.42 Å². The normalized spacial score (nSPS) is 55.4. The van der Waals surface area contributed by atoms with E-state index < -0.39 is 12.2 Å². The fraction of sp³-hybridized carbons (Fsp3) is 1.00. The molecule has 4 heteroatoms. The lowest BCUT2D eigenvalue weighted by atomic mass is 9.85. The van der Waals surface area contributed by atoms with E-state index in [9.17, 15) is 10.2 Å². The highest BCUT2D eigenvalue weighted by atomic mass is 16.6. The summed E-state index contributed by atoms with van der Waals surface area (Å²) in [5, 5.41) is 27.4. The van der Waals surface area contributed by atoms with Gasteiger partial charge in [0.1, 0.15) is 12.2 Å². The number of ether oxygens (including phenoxy) is 1. The third-order valence-electron chi connectivity index (χ3n) is 2.56. The zero-order valence-electron chi connectivity index (χ0n) is 6.05. The largest absolute Gasteiger partial charge is 0.396 e. The van der Waals surface area contributed by atoms with Gasteiger partial charge in [-0.2, -0.15) is 0 Å². The van der Waals surface area contributed by atoms with Crippen LogP contribution >= 0.6 is 0 Å². The number of rotatable bonds is 1. The zero-order chi connectivity index (χ0) is 8.01. The molecule has 0 aromatic carbocycles. The minimum atomic E-state index is -0.816. The molecule has 4 nitrogen and oxygen atoms in total. The van der Waals surface area contributed by atoms with Crippen molar-refractivity contribution < 1.29 is 20.1 Å². The second kappa shape index (κ2) is 2.42. The molecular formula is C7H12O4. The fourth-order valence-electron chi connectivity index (χ4n) is 1.74. The highest BCUT2D eigenvalue weighted by molar-refractivity contribution is 5.02. The first-order chi connectivity index (χ1) is 5.24. The molecule has 0 unspecified atom stereocenters. The van der Waals surface area contributed by atoms with Gasteiger partial charge in [0.2, 0.25) is 0 Å². The molecule has 0 radical (unpaired) electrons. The average molecular weight is 160 g/mol. The second-order valence-electron chi connectivity index (χ2n) is 3.30. The summed E-state index contributed by atoms with van der Waals surface area (Å²) in [4.78, 5) is 0. The van der Waals surface area contributed by atoms with Crippen LogP contribution in [0.25, 0.3) is 0 Å². The second-order valence-corrected chi connectivity index (χ2v) is 3.30. The van der Waals surface area contributed by atoms with Gasteiger partial charge in [-0.25, -0.2) is 0 Å². The van der Waals surface area contributed by atoms with Gasteiger partial charge in [-0.05, 0) is 6.42 Å². The monoisotopic (exact) mass is 160 g/mol. The number of fused-ring (bicyclic) bond motifs is 1. The molecule has 0 aromatic rings. The van der Waals surface area contributed by atoms with Crippen molar-refractivity contribution in [3.63, 3.8) is 0 Å². The summed E-state index contributed by atoms with van der Waals surface area (Å²) in [5.41, 5.74) is 0. The molecule has 2 aliphatic rings. The van der Waals surface area contributed by atoms with Gasteiger partial charge >= 0.3 is 0 Å². The highest BCUT2D eigenvalue weighted by Gasteiger charge is 2.54. The van der Waals surface area contributed by atoms with Crippen LogP contribution in [0.15, 0.2) is 0 Å². The van der Waals surface area contributed by atoms with E-state index in [4.69, 9.17) is 9.84 Å². The van der Waals surface area contributed by atoms with E-state index in [2.05, 4.69) is 0 Å². The summed E-state index contributed by atoms with van der Waals surface area (Å²) in [6.45, 7) is -0.0786. The Kier molecular flexibility index (Phi) is 1.64. The maximum atomic E-state index is 9.34. The summed E-state index contributed by atoms with van der Waals surface area (Å²) in [6, 6.07) is 0. The summed E-state index contributed by atoms with van der Waals surface area (Å²) < 4.78 is 5.07. The van der Waals surface area contributed by atoms with Gasteiger partial charge in [0.25, 0.3) is 0 Å². The summed E-state index contributed by atoms with van der Waals surface area (Å²) in [6.07, 6.45) is -1.05. The van der Waals surface area contributed by atoms with Crippen LogP contribution in [-0.4, -0.2) is 46.3 Å². The highest BCUT2D eigenvalue weighted by Crippen LogP contribution is 2.39. The number of aliphatic hydroxyl groups is 3. The van der Waals surface area contributed by atoms with Crippen molar-refractivity contribution in [2.75, 3.05) is 6.61 Å². The Morgan fingerprint density at radius 1 is 1.27 bits per heavy atom. The summed E-state index contributed by atoms with van der Waals surface area (Å²) >= 11 is 0. The van der Waals surface area contributed by atoms with Crippen LogP contribution < -0.4 is 0 Å². The van der Waals surface area contributed by atoms with Crippen molar-refractivity contribution in [1.29, 1.82) is 0 Å². The molecule has 0 aromatic heterocycles. The fourth-order valence-corrected chi connectivity index (χ4v) is 1.74. The molecule has 1 aliphatic heterocycles. The standard InChI is InChI=1S/C7H12O4/c8-2-3-1-4-7(11-4)6(10)5(3)9/h3-10H,1-2H2/t3-,4+,5-,6+,7+/m1/s1. The minimum Gasteiger partial charge on any atom is -0.396 e. The third kappa shape index (κ3) is 1.06. The maximum Gasteiger partial charge on any atom is 0.113 e. The van der Waals surface area contributed by atoms with Crippen molar-refractivity contribution in [2.24, 2.45) is 5.92 Å². The van der Waals surface area contributed by atoms with E-state index >= 15 is 0 Å². The average Bonchev–Trinajstić information content (AvgIpc) is 2.75. The molecule has 0 bridgehead atoms. The van der Waals surface area contributed by atoms with Crippen molar-refractivity contribution in [3.8, 4) is 0 Å². The van der Waals surface area contributed by atoms with Crippen molar-refractivity contribution in [3.05, 3.63) is 0 Å². The lowest BCUT2D eigenvalue weighted by Gasteiger charge is -2.27. The quantitative estimate of drug-likeness (QED) is 0.408. The predicted molar refractivity (Wildman–Crippen MR) is 35.9 cm³/mol. The number of hydrogen-bond donors (Lipinski definition) is 3. The van der Waals surface area contributed by atoms with Crippen LogP contribution in [0.4, 0.5) is 0 Å². The van der Waals surface area contributed by atoms with Gasteiger partial charge in [0.15, 0.2) is 0 Å². The van der Waals surface area contributed by atoms with Crippen molar-refractivity contribution in [2.45, 2.75) is 30.8 Å². The van der Waals surface area contributed by atoms with Gasteiger partial charge in [-0.1, -0.05) is 0 Å². The molecular weight excluding hydrogens is 148 g/mol. The van der Waals surface area contributed by atoms with Gasteiger partial charge in [0.05, 0.1) is 12.2 Å². The number of epoxide rings is 1. The Morgan fingerprint density at radius 2 is 2.00 bits per heavy atom. The van der Waals surface area contributed by atoms with Crippen LogP contribution in [0.2, 0.25) is 0 Å². The molecule has 1 heterocycles. The molecule has 1 aliphatic carbocycles. The molecule has 1 saturated carbocycles. The number of aliphatic hydroxyl groups excluding tert-OH is 3. The summed E-state index contributed by atoms with van der Waals surface area (Å²) in [5.74, 6) is -0.214. The first-order valence-corrected chi connectivity index (χ1v) is 3.86. The van der Waals surface area contributed by atoms with E-state index in [-0.39, 0.29) is 24.7 Å². The zero-order valence-corrected chi connectivity index (χ0v) is 6.05. The Hall–Kier alpha value is -0.160. The SMILES string of the molecule is OC[C@H]1C[C@@H]2O[C@@H]2[C@@H](O)[C@@H]1O. The van der Waals surface area contributed by atoms with Crippen LogP contribution in [0, 0.1) is 5.92 Å². The Labute approximate surface area is 64.4 Å². The Balaban J connectivity index is 2.03. The van der Waals surface area contributed by atoms with E-state index in [0.29, 0.717) is 6.42 Å². The van der Waals surface area contributed by atoms with Crippen LogP contribution in [0.3, 0.4) is 0 Å². The van der Waals surface area contributed by atoms with Gasteiger partial charge in [-0.3, -0.25) is 0 Å². The topological polar surface area (TPSA) is 73.2 Å². The smallest absolute Gasteiger partial charge is 0.113 e. The molecule has 0 spiro atoms. The molecule has 0 amide bonds. The molecule has 5 atom stereocenters. The first kappa shape index (κ1) is 7.49. The van der Waals surface area contributed by atoms with Gasteiger partial charge in [-0.15, -0.1) is 0 Å². The Morgan fingerprint density at radius 3 is 2.64 bits per heavy atom. The van der Waals surface area contributed by atoms with Crippen LogP contribution in [0.5, 0.6) is 0 Å². The van der Waals surface area contributed by atoms with Gasteiger partial charge < -0.3 is 20.1 Å². The molecule has 11 heavy (non-hydrogen) atoms. The minimum absolute atomic E-state index is 0.0746. The van der Waals surface area contributed by atoms with E-state index in [1.807, 2.05) is 0 Å². The maximum absolute atomic E-state index is 9.34. The Bertz CT molecular complexity index is 161. The number of hydrogen-bond acceptors (Lipinski definition) is 4. The van der Waals surface area contributed by atoms with Crippen molar-refractivity contribution in [1.82, 2.24) is 0 Å². The van der Waals surface area contributed by atoms with Crippen LogP contribution in [-0.2, 0) is 4.74 Å². The van der Waals surface area contributed by atoms with Crippen molar-refractivity contribution >= 4 is 0 Å². The third-order valence-corrected chi connectivity index (χ3v) is 2.56. The predicted octanol–water partition coefficient (Wildman–Crippen LogP) is -1.51. The van der Waals surface area contributed by atoms with E-state index in [1.54, 1.807) is 0 Å². The lowest BCUT2D eigenvalue weighted by molar-refractivity contribution is -0.0507. The first-order valence-electron chi connectivity index (χ1n) is 3.86. The van der Waals surface area contributed by atoms with E-state index in [1.165, 1.54) is 0 Å². The lowest BCUT2D eigenvalue weighted by Crippen LogP contribution is -2.43. The molecule has 2 fully saturated rings. The molecule has 1 saturated heterocycles. The molecule has 64 valence electrons. The summed E-state index contributed by atoms with van der Waals surface area (Å²) in [7, 11) is 0.